The Labute approximate surface area is 170 Å². The molecule has 3 rings (SSSR count). The van der Waals surface area contributed by atoms with Crippen LogP contribution >= 0.6 is 0 Å². The summed E-state index contributed by atoms with van der Waals surface area (Å²) in [7, 11) is 1.64. The summed E-state index contributed by atoms with van der Waals surface area (Å²) >= 11 is 0. The van der Waals surface area contributed by atoms with Crippen molar-refractivity contribution < 1.29 is 14.3 Å². The van der Waals surface area contributed by atoms with Crippen molar-refractivity contribution in [2.24, 2.45) is 0 Å². The Morgan fingerprint density at radius 3 is 2.55 bits per heavy atom. The quantitative estimate of drug-likeness (QED) is 0.516. The van der Waals surface area contributed by atoms with Crippen LogP contribution in [-0.2, 0) is 22.5 Å². The van der Waals surface area contributed by atoms with E-state index in [-0.39, 0.29) is 18.4 Å². The Bertz CT molecular complexity index is 953. The number of rotatable bonds is 10. The zero-order chi connectivity index (χ0) is 20.5. The van der Waals surface area contributed by atoms with Crippen LogP contribution in [0.1, 0.15) is 22.6 Å². The number of ether oxygens (including phenoxy) is 1. The molecule has 3 aromatic rings. The first-order valence-corrected chi connectivity index (χ1v) is 9.72. The van der Waals surface area contributed by atoms with Gasteiger partial charge >= 0.3 is 0 Å². The van der Waals surface area contributed by atoms with E-state index in [1.165, 1.54) is 0 Å². The molecule has 0 atom stereocenters. The fourth-order valence-electron chi connectivity index (χ4n) is 3.12. The highest BCUT2D eigenvalue weighted by molar-refractivity contribution is 5.94. The molecule has 0 saturated carbocycles. The average Bonchev–Trinajstić information content (AvgIpc) is 3.09. The van der Waals surface area contributed by atoms with Gasteiger partial charge in [0.1, 0.15) is 12.4 Å². The van der Waals surface area contributed by atoms with Crippen molar-refractivity contribution in [3.63, 3.8) is 0 Å². The molecule has 1 aromatic heterocycles. The van der Waals surface area contributed by atoms with E-state index in [9.17, 15) is 9.59 Å². The summed E-state index contributed by atoms with van der Waals surface area (Å²) in [4.78, 5) is 29.3. The molecule has 1 heterocycles. The van der Waals surface area contributed by atoms with Crippen molar-refractivity contribution in [3.05, 3.63) is 66.0 Å². The molecule has 152 valence electrons. The Balaban J connectivity index is 1.65. The van der Waals surface area contributed by atoms with Gasteiger partial charge < -0.3 is 19.9 Å². The van der Waals surface area contributed by atoms with Crippen molar-refractivity contribution in [3.8, 4) is 0 Å². The van der Waals surface area contributed by atoms with Crippen molar-refractivity contribution in [1.29, 1.82) is 0 Å². The average molecular weight is 394 g/mol. The monoisotopic (exact) mass is 394 g/mol. The van der Waals surface area contributed by atoms with Gasteiger partial charge in [-0.1, -0.05) is 30.3 Å². The summed E-state index contributed by atoms with van der Waals surface area (Å²) < 4.78 is 6.91. The molecule has 0 spiro atoms. The van der Waals surface area contributed by atoms with Gasteiger partial charge in [0.05, 0.1) is 11.0 Å². The number of hydrogen-bond acceptors (Lipinski definition) is 4. The van der Waals surface area contributed by atoms with Crippen LogP contribution in [0.15, 0.2) is 54.6 Å². The Kier molecular flexibility index (Phi) is 7.35. The van der Waals surface area contributed by atoms with E-state index in [0.717, 1.165) is 23.3 Å². The zero-order valence-electron chi connectivity index (χ0n) is 16.6. The first-order valence-electron chi connectivity index (χ1n) is 9.72. The molecule has 2 aromatic carbocycles. The van der Waals surface area contributed by atoms with Gasteiger partial charge in [-0.05, 0) is 30.7 Å². The van der Waals surface area contributed by atoms with Gasteiger partial charge in [-0.15, -0.1) is 0 Å². The summed E-state index contributed by atoms with van der Waals surface area (Å²) in [5, 5.41) is 5.82. The number of imidazole rings is 1. The maximum atomic E-state index is 12.4. The van der Waals surface area contributed by atoms with Crippen LogP contribution in [-0.4, -0.2) is 48.2 Å². The van der Waals surface area contributed by atoms with Gasteiger partial charge in [-0.3, -0.25) is 9.59 Å². The Hall–Kier alpha value is -3.19. The molecule has 0 aliphatic rings. The van der Waals surface area contributed by atoms with Gasteiger partial charge in [0, 0.05) is 38.8 Å². The van der Waals surface area contributed by atoms with Crippen molar-refractivity contribution in [1.82, 2.24) is 20.2 Å². The number of para-hydroxylation sites is 2. The van der Waals surface area contributed by atoms with E-state index in [1.54, 1.807) is 19.2 Å². The maximum absolute atomic E-state index is 12.4. The lowest BCUT2D eigenvalue weighted by atomic mass is 10.2. The molecule has 0 unspecified atom stereocenters. The minimum absolute atomic E-state index is 0.0705. The molecule has 0 aliphatic heterocycles. The van der Waals surface area contributed by atoms with Crippen LogP contribution in [0.25, 0.3) is 11.0 Å². The minimum Gasteiger partial charge on any atom is -0.385 e. The highest BCUT2D eigenvalue weighted by Crippen LogP contribution is 2.16. The maximum Gasteiger partial charge on any atom is 0.251 e. The Morgan fingerprint density at radius 2 is 1.76 bits per heavy atom. The molecule has 29 heavy (non-hydrogen) atoms. The fourth-order valence-corrected chi connectivity index (χ4v) is 3.12. The number of nitrogens with zero attached hydrogens (tertiary/aromatic N) is 2. The number of aromatic nitrogens is 2. The van der Waals surface area contributed by atoms with Crippen LogP contribution in [0.4, 0.5) is 0 Å². The van der Waals surface area contributed by atoms with Crippen LogP contribution < -0.4 is 10.6 Å². The molecule has 2 amide bonds. The molecule has 0 radical (unpaired) electrons. The molecule has 0 bridgehead atoms. The first kappa shape index (κ1) is 20.5. The number of fused-ring (bicyclic) bond motifs is 1. The Morgan fingerprint density at radius 1 is 1.00 bits per heavy atom. The van der Waals surface area contributed by atoms with Crippen molar-refractivity contribution >= 4 is 22.8 Å². The van der Waals surface area contributed by atoms with Gasteiger partial charge in [0.15, 0.2) is 0 Å². The topological polar surface area (TPSA) is 85.2 Å². The second kappa shape index (κ2) is 10.4. The summed E-state index contributed by atoms with van der Waals surface area (Å²) in [6, 6.07) is 16.8. The number of benzene rings is 2. The van der Waals surface area contributed by atoms with Crippen LogP contribution in [0.2, 0.25) is 0 Å². The van der Waals surface area contributed by atoms with Gasteiger partial charge in [0.2, 0.25) is 5.91 Å². The lowest BCUT2D eigenvalue weighted by Crippen LogP contribution is -2.30. The lowest BCUT2D eigenvalue weighted by Gasteiger charge is -2.11. The summed E-state index contributed by atoms with van der Waals surface area (Å²) in [6.45, 7) is 1.81. The zero-order valence-corrected chi connectivity index (χ0v) is 16.6. The normalized spacial score (nSPS) is 10.8. The minimum atomic E-state index is -0.121. The van der Waals surface area contributed by atoms with Gasteiger partial charge in [-0.2, -0.15) is 0 Å². The molecule has 7 nitrogen and oxygen atoms in total. The third kappa shape index (κ3) is 5.65. The van der Waals surface area contributed by atoms with E-state index >= 15 is 0 Å². The third-order valence-electron chi connectivity index (χ3n) is 4.55. The molecule has 0 saturated heterocycles. The standard InChI is InChI=1S/C22H26N4O3/c1-29-15-7-13-23-21(27)16-26-19-11-6-5-10-18(19)25-20(26)12-14-24-22(28)17-8-3-2-4-9-17/h2-6,8-11H,7,12-16H2,1H3,(H,23,27)(H,24,28). The molecule has 2 N–H and O–H groups in total. The predicted octanol–water partition coefficient (Wildman–Crippen LogP) is 2.16. The predicted molar refractivity (Wildman–Crippen MR) is 112 cm³/mol. The number of carbonyl (C=O) groups is 2. The number of hydrogen-bond donors (Lipinski definition) is 2. The smallest absolute Gasteiger partial charge is 0.251 e. The van der Waals surface area contributed by atoms with E-state index in [0.29, 0.717) is 31.7 Å². The molecule has 7 heteroatoms. The summed E-state index contributed by atoms with van der Waals surface area (Å²) in [5.41, 5.74) is 2.37. The van der Waals surface area contributed by atoms with Crippen LogP contribution in [0, 0.1) is 0 Å². The molecule has 0 aliphatic carbocycles. The van der Waals surface area contributed by atoms with Gasteiger partial charge in [0.25, 0.3) is 5.91 Å². The second-order valence-electron chi connectivity index (χ2n) is 6.67. The van der Waals surface area contributed by atoms with E-state index in [1.807, 2.05) is 47.0 Å². The number of amides is 2. The first-order chi connectivity index (χ1) is 14.2. The summed E-state index contributed by atoms with van der Waals surface area (Å²) in [5.74, 6) is 0.578. The van der Waals surface area contributed by atoms with Gasteiger partial charge in [-0.25, -0.2) is 4.98 Å². The van der Waals surface area contributed by atoms with E-state index in [4.69, 9.17) is 4.74 Å². The largest absolute Gasteiger partial charge is 0.385 e. The highest BCUT2D eigenvalue weighted by Gasteiger charge is 2.14. The molecular weight excluding hydrogens is 368 g/mol. The number of carbonyl (C=O) groups excluding carboxylic acids is 2. The second-order valence-corrected chi connectivity index (χ2v) is 6.67. The van der Waals surface area contributed by atoms with E-state index in [2.05, 4.69) is 15.6 Å². The van der Waals surface area contributed by atoms with Crippen LogP contribution in [0.5, 0.6) is 0 Å². The molecule has 0 fully saturated rings. The number of methoxy groups -OCH3 is 1. The lowest BCUT2D eigenvalue weighted by molar-refractivity contribution is -0.121. The van der Waals surface area contributed by atoms with Crippen molar-refractivity contribution in [2.45, 2.75) is 19.4 Å². The summed E-state index contributed by atoms with van der Waals surface area (Å²) in [6.07, 6.45) is 1.30. The highest BCUT2D eigenvalue weighted by atomic mass is 16.5. The molecular formula is C22H26N4O3. The fraction of sp³-hybridized carbons (Fsp3) is 0.318. The van der Waals surface area contributed by atoms with Crippen LogP contribution in [0.3, 0.4) is 0 Å². The third-order valence-corrected chi connectivity index (χ3v) is 4.55. The number of nitrogens with one attached hydrogen (secondary N) is 2. The SMILES string of the molecule is COCCCNC(=O)Cn1c(CCNC(=O)c2ccccc2)nc2ccccc21. The van der Waals surface area contributed by atoms with E-state index < -0.39 is 0 Å². The van der Waals surface area contributed by atoms with Crippen molar-refractivity contribution in [2.75, 3.05) is 26.8 Å².